The van der Waals surface area contributed by atoms with E-state index in [2.05, 4.69) is 174 Å². The molecule has 1 aliphatic carbocycles. The Balaban J connectivity index is 0.928. The van der Waals surface area contributed by atoms with Crippen molar-refractivity contribution in [3.8, 4) is 16.8 Å². The van der Waals surface area contributed by atoms with Crippen molar-refractivity contribution in [3.05, 3.63) is 187 Å². The number of fused-ring (bicyclic) bond motifs is 9. The fourth-order valence-corrected chi connectivity index (χ4v) is 11.1. The number of hydrogen-bond acceptors (Lipinski definition) is 5. The van der Waals surface area contributed by atoms with E-state index in [0.29, 0.717) is 0 Å². The fraction of sp³-hybridized carbons (Fsp3) is 0.0588. The monoisotopic (exact) mass is 766 g/mol. The van der Waals surface area contributed by atoms with Crippen molar-refractivity contribution < 1.29 is 0 Å². The van der Waals surface area contributed by atoms with Crippen LogP contribution in [0, 0.1) is 0 Å². The molecular formula is C51H34N4S2. The van der Waals surface area contributed by atoms with Crippen LogP contribution in [0.25, 0.3) is 79.0 Å². The number of thiophene rings is 2. The summed E-state index contributed by atoms with van der Waals surface area (Å²) in [7, 11) is 0. The van der Waals surface area contributed by atoms with Crippen molar-refractivity contribution in [3.63, 3.8) is 0 Å². The molecule has 1 N–H and O–H groups in total. The standard InChI is InChI=1S/C51H34N4S2/c1-3-12-31(13-4-1)49-52-50(32-14-5-2-6-15-32)54-51(53-49)40-19-11-18-39-41-28-33(23-26-46(41)57-48(39)40)34-22-25-38-42-30-35(24-27-45(42)56-47(38)29-34)55-43-20-9-7-16-36(43)37-17-8-10-21-44(37)55/h1,3-5,7-30,51H,2,6H2,(H,52,53,54). The van der Waals surface area contributed by atoms with Gasteiger partial charge in [0, 0.05) is 73.5 Å². The van der Waals surface area contributed by atoms with Crippen LogP contribution >= 0.6 is 22.7 Å². The highest BCUT2D eigenvalue weighted by molar-refractivity contribution is 7.26. The molecule has 0 saturated heterocycles. The minimum atomic E-state index is -0.258. The Kier molecular flexibility index (Phi) is 7.43. The number of benzene rings is 7. The van der Waals surface area contributed by atoms with Gasteiger partial charge in [0.1, 0.15) is 12.0 Å². The van der Waals surface area contributed by atoms with Crippen LogP contribution in [0.3, 0.4) is 0 Å². The quantitative estimate of drug-likeness (QED) is 0.186. The highest BCUT2D eigenvalue weighted by atomic mass is 32.1. The second-order valence-electron chi connectivity index (χ2n) is 14.9. The molecule has 0 fully saturated rings. The molecule has 10 aromatic rings. The largest absolute Gasteiger partial charge is 0.344 e. The van der Waals surface area contributed by atoms with Gasteiger partial charge in [0.2, 0.25) is 0 Å². The smallest absolute Gasteiger partial charge is 0.159 e. The van der Waals surface area contributed by atoms with Gasteiger partial charge in [-0.3, -0.25) is 0 Å². The first-order chi connectivity index (χ1) is 28.2. The van der Waals surface area contributed by atoms with E-state index in [9.17, 15) is 0 Å². The first-order valence-corrected chi connectivity index (χ1v) is 21.1. The molecule has 0 spiro atoms. The van der Waals surface area contributed by atoms with Crippen molar-refractivity contribution in [1.29, 1.82) is 0 Å². The Labute approximate surface area is 337 Å². The number of aliphatic imine (C=N–C) groups is 2. The summed E-state index contributed by atoms with van der Waals surface area (Å²) in [6.07, 6.45) is 8.51. The van der Waals surface area contributed by atoms with Crippen LogP contribution in [0.15, 0.2) is 185 Å². The molecule has 270 valence electrons. The third-order valence-corrected chi connectivity index (χ3v) is 13.9. The number of aromatic nitrogens is 1. The molecule has 0 saturated carbocycles. The summed E-state index contributed by atoms with van der Waals surface area (Å²) in [5, 5.41) is 11.4. The zero-order valence-electron chi connectivity index (χ0n) is 30.8. The molecule has 4 heterocycles. The van der Waals surface area contributed by atoms with Crippen molar-refractivity contribution in [1.82, 2.24) is 9.88 Å². The predicted octanol–water partition coefficient (Wildman–Crippen LogP) is 13.9. The number of amidine groups is 2. The number of allylic oxidation sites excluding steroid dienone is 2. The van der Waals surface area contributed by atoms with Gasteiger partial charge in [-0.2, -0.15) is 0 Å². The molecule has 7 aromatic carbocycles. The average molecular weight is 767 g/mol. The van der Waals surface area contributed by atoms with Gasteiger partial charge in [-0.1, -0.05) is 121 Å². The van der Waals surface area contributed by atoms with E-state index in [0.717, 1.165) is 35.6 Å². The van der Waals surface area contributed by atoms with Crippen LogP contribution in [-0.4, -0.2) is 16.2 Å². The van der Waals surface area contributed by atoms with Gasteiger partial charge in [0.15, 0.2) is 5.84 Å². The highest BCUT2D eigenvalue weighted by Crippen LogP contribution is 2.43. The van der Waals surface area contributed by atoms with Crippen molar-refractivity contribution >= 4 is 96.5 Å². The minimum absolute atomic E-state index is 0.258. The van der Waals surface area contributed by atoms with Gasteiger partial charge in [-0.25, -0.2) is 9.98 Å². The van der Waals surface area contributed by atoms with Crippen LogP contribution in [0.2, 0.25) is 0 Å². The van der Waals surface area contributed by atoms with Crippen molar-refractivity contribution in [2.24, 2.45) is 9.98 Å². The molecule has 0 amide bonds. The van der Waals surface area contributed by atoms with Crippen LogP contribution < -0.4 is 5.32 Å². The summed E-state index contributed by atoms with van der Waals surface area (Å²) in [5.41, 5.74) is 9.43. The van der Waals surface area contributed by atoms with E-state index < -0.39 is 0 Å². The van der Waals surface area contributed by atoms with Crippen LogP contribution in [0.4, 0.5) is 0 Å². The maximum absolute atomic E-state index is 5.22. The highest BCUT2D eigenvalue weighted by Gasteiger charge is 2.24. The summed E-state index contributed by atoms with van der Waals surface area (Å²) in [4.78, 5) is 10.3. The topological polar surface area (TPSA) is 41.7 Å². The Morgan fingerprint density at radius 3 is 2.09 bits per heavy atom. The van der Waals surface area contributed by atoms with Gasteiger partial charge in [-0.05, 0) is 72.5 Å². The average Bonchev–Trinajstić information content (AvgIpc) is 3.95. The third-order valence-electron chi connectivity index (χ3n) is 11.5. The molecule has 57 heavy (non-hydrogen) atoms. The molecule has 1 unspecified atom stereocenters. The third kappa shape index (κ3) is 5.32. The zero-order valence-corrected chi connectivity index (χ0v) is 32.4. The molecule has 6 heteroatoms. The van der Waals surface area contributed by atoms with E-state index in [1.165, 1.54) is 84.5 Å². The second-order valence-corrected chi connectivity index (χ2v) is 17.0. The molecule has 4 nitrogen and oxygen atoms in total. The van der Waals surface area contributed by atoms with Crippen molar-refractivity contribution in [2.45, 2.75) is 19.0 Å². The van der Waals surface area contributed by atoms with Gasteiger partial charge in [0.25, 0.3) is 0 Å². The molecule has 0 radical (unpaired) electrons. The lowest BCUT2D eigenvalue weighted by Gasteiger charge is -2.25. The lowest BCUT2D eigenvalue weighted by Crippen LogP contribution is -2.34. The van der Waals surface area contributed by atoms with Gasteiger partial charge in [0.05, 0.1) is 11.0 Å². The maximum atomic E-state index is 5.22. The summed E-state index contributed by atoms with van der Waals surface area (Å²) in [6.45, 7) is 0. The van der Waals surface area contributed by atoms with Gasteiger partial charge in [-0.15, -0.1) is 22.7 Å². The Hall–Kier alpha value is -6.60. The van der Waals surface area contributed by atoms with Gasteiger partial charge >= 0.3 is 0 Å². The van der Waals surface area contributed by atoms with Crippen LogP contribution in [0.1, 0.15) is 30.1 Å². The number of rotatable bonds is 5. The minimum Gasteiger partial charge on any atom is -0.344 e. The van der Waals surface area contributed by atoms with E-state index in [4.69, 9.17) is 9.98 Å². The zero-order chi connectivity index (χ0) is 37.5. The molecule has 12 rings (SSSR count). The molecular weight excluding hydrogens is 733 g/mol. The normalized spacial score (nSPS) is 15.8. The molecule has 3 aromatic heterocycles. The Morgan fingerprint density at radius 2 is 1.26 bits per heavy atom. The van der Waals surface area contributed by atoms with Gasteiger partial charge < -0.3 is 9.88 Å². The lowest BCUT2D eigenvalue weighted by molar-refractivity contribution is 0.680. The summed E-state index contributed by atoms with van der Waals surface area (Å²) in [5.74, 6) is 1.64. The Morgan fingerprint density at radius 1 is 0.544 bits per heavy atom. The first-order valence-electron chi connectivity index (χ1n) is 19.5. The number of nitrogens with zero attached hydrogens (tertiary/aromatic N) is 3. The van der Waals surface area contributed by atoms with E-state index in [-0.39, 0.29) is 6.17 Å². The molecule has 0 bridgehead atoms. The first kappa shape index (κ1) is 32.6. The number of hydrogen-bond donors (Lipinski definition) is 1. The van der Waals surface area contributed by atoms with Crippen molar-refractivity contribution in [2.75, 3.05) is 0 Å². The summed E-state index contributed by atoms with van der Waals surface area (Å²) >= 11 is 3.72. The van der Waals surface area contributed by atoms with E-state index in [1.54, 1.807) is 0 Å². The van der Waals surface area contributed by atoms with Crippen LogP contribution in [-0.2, 0) is 0 Å². The second kappa shape index (κ2) is 13.0. The fourth-order valence-electron chi connectivity index (χ4n) is 8.76. The van der Waals surface area contributed by atoms with E-state index >= 15 is 0 Å². The predicted molar refractivity (Wildman–Crippen MR) is 245 cm³/mol. The molecule has 1 aliphatic heterocycles. The number of nitrogens with one attached hydrogen (secondary N) is 1. The lowest BCUT2D eigenvalue weighted by atomic mass is 10.0. The maximum Gasteiger partial charge on any atom is 0.159 e. The summed E-state index contributed by atoms with van der Waals surface area (Å²) in [6, 6.07) is 55.3. The van der Waals surface area contributed by atoms with Crippen LogP contribution in [0.5, 0.6) is 0 Å². The Bertz CT molecular complexity index is 3340. The SMILES string of the molecule is C1=CC(C2=NC(c3ccccc3)=NC(c3cccc4c3sc3ccc(-c5ccc6c(c5)sc5ccc(-n7c8ccccc8c8ccccc87)cc56)cc34)N2)=CCC1. The number of para-hydroxylation sites is 2. The summed E-state index contributed by atoms with van der Waals surface area (Å²) < 4.78 is 7.54. The van der Waals surface area contributed by atoms with E-state index in [1.807, 2.05) is 28.7 Å². The molecule has 1 atom stereocenters. The molecule has 2 aliphatic rings.